The Hall–Kier alpha value is -3.80. The molecule has 3 N–H and O–H groups in total. The van der Waals surface area contributed by atoms with E-state index in [0.717, 1.165) is 42.8 Å². The van der Waals surface area contributed by atoms with E-state index in [9.17, 15) is 9.59 Å². The first-order chi connectivity index (χ1) is 18.4. The van der Waals surface area contributed by atoms with Crippen LogP contribution in [0.4, 0.5) is 5.69 Å². The van der Waals surface area contributed by atoms with Crippen LogP contribution in [-0.4, -0.2) is 32.0 Å². The zero-order valence-corrected chi connectivity index (χ0v) is 23.0. The number of likely N-dealkylation sites (N-methyl/N-ethyl adjacent to an activating group) is 1. The maximum absolute atomic E-state index is 12.9. The Labute approximate surface area is 227 Å². The third-order valence-electron chi connectivity index (χ3n) is 6.87. The number of anilines is 1. The lowest BCUT2D eigenvalue weighted by Crippen LogP contribution is -2.48. The minimum Gasteiger partial charge on any atom is -0.497 e. The summed E-state index contributed by atoms with van der Waals surface area (Å²) in [5, 5.41) is 9.13. The highest BCUT2D eigenvalue weighted by Gasteiger charge is 2.23. The lowest BCUT2D eigenvalue weighted by molar-refractivity contribution is -0.130. The summed E-state index contributed by atoms with van der Waals surface area (Å²) < 4.78 is 5.20. The fraction of sp³-hybridized carbons (Fsp3) is 0.375. The second kappa shape index (κ2) is 14.8. The second-order valence-electron chi connectivity index (χ2n) is 10.1. The van der Waals surface area contributed by atoms with Gasteiger partial charge in [-0.05, 0) is 66.1 Å². The standard InChI is InChI=1S/C32H41N3O3/c1-23(19-27-11-8-12-28(20-27)34-22-26-9-6-5-7-10-26)13-14-24(2)31(36)35-30(32(37)33-3)21-25-15-17-29(38-4)18-16-25/h5-12,15-18,20,23-24,30,34H,13-14,19,21-22H2,1-4H3,(H,33,37)(H,35,36). The SMILES string of the molecule is CNC(=O)C(Cc1ccc(OC)cc1)NC(=O)C(C)CCC(C)Cc1cccc(NCc2ccccc2)c1. The summed E-state index contributed by atoms with van der Waals surface area (Å²) in [6, 6.07) is 25.8. The smallest absolute Gasteiger partial charge is 0.242 e. The van der Waals surface area contributed by atoms with Crippen LogP contribution in [0.2, 0.25) is 0 Å². The van der Waals surface area contributed by atoms with Crippen molar-refractivity contribution in [2.24, 2.45) is 11.8 Å². The van der Waals surface area contributed by atoms with Gasteiger partial charge in [0.2, 0.25) is 11.8 Å². The van der Waals surface area contributed by atoms with Crippen molar-refractivity contribution in [3.63, 3.8) is 0 Å². The van der Waals surface area contributed by atoms with Crippen molar-refractivity contribution in [3.8, 4) is 5.75 Å². The number of benzene rings is 3. The van der Waals surface area contributed by atoms with Crippen LogP contribution in [0.25, 0.3) is 0 Å². The van der Waals surface area contributed by atoms with Gasteiger partial charge in [-0.15, -0.1) is 0 Å². The van der Waals surface area contributed by atoms with Crippen LogP contribution in [0.15, 0.2) is 78.9 Å². The van der Waals surface area contributed by atoms with Crippen LogP contribution >= 0.6 is 0 Å². The molecule has 6 heteroatoms. The Morgan fingerprint density at radius 3 is 2.18 bits per heavy atom. The molecule has 3 rings (SSSR count). The fourth-order valence-corrected chi connectivity index (χ4v) is 4.47. The molecule has 0 bridgehead atoms. The molecule has 0 aliphatic carbocycles. The summed E-state index contributed by atoms with van der Waals surface area (Å²) in [7, 11) is 3.21. The highest BCUT2D eigenvalue weighted by Crippen LogP contribution is 2.20. The number of rotatable bonds is 14. The Bertz CT molecular complexity index is 1150. The zero-order valence-electron chi connectivity index (χ0n) is 23.0. The van der Waals surface area contributed by atoms with Crippen molar-refractivity contribution in [3.05, 3.63) is 95.6 Å². The Balaban J connectivity index is 1.47. The second-order valence-corrected chi connectivity index (χ2v) is 10.1. The predicted octanol–water partition coefficient (Wildman–Crippen LogP) is 5.38. The molecule has 3 aromatic rings. The van der Waals surface area contributed by atoms with Crippen molar-refractivity contribution in [1.29, 1.82) is 0 Å². The van der Waals surface area contributed by atoms with Crippen LogP contribution in [-0.2, 0) is 29.0 Å². The largest absolute Gasteiger partial charge is 0.497 e. The van der Waals surface area contributed by atoms with Gasteiger partial charge in [0.25, 0.3) is 0 Å². The molecule has 38 heavy (non-hydrogen) atoms. The molecule has 3 atom stereocenters. The van der Waals surface area contributed by atoms with E-state index in [1.807, 2.05) is 37.3 Å². The number of carbonyl (C=O) groups excluding carboxylic acids is 2. The van der Waals surface area contributed by atoms with E-state index in [1.54, 1.807) is 14.2 Å². The van der Waals surface area contributed by atoms with Crippen LogP contribution in [0, 0.1) is 11.8 Å². The summed E-state index contributed by atoms with van der Waals surface area (Å²) in [6.07, 6.45) is 3.07. The normalized spacial score (nSPS) is 13.2. The van der Waals surface area contributed by atoms with E-state index in [4.69, 9.17) is 4.74 Å². The van der Waals surface area contributed by atoms with E-state index in [1.165, 1.54) is 11.1 Å². The molecule has 0 heterocycles. The van der Waals surface area contributed by atoms with Crippen molar-refractivity contribution < 1.29 is 14.3 Å². The van der Waals surface area contributed by atoms with E-state index < -0.39 is 6.04 Å². The van der Waals surface area contributed by atoms with Crippen molar-refractivity contribution in [2.75, 3.05) is 19.5 Å². The van der Waals surface area contributed by atoms with Crippen molar-refractivity contribution in [2.45, 2.75) is 52.1 Å². The predicted molar refractivity (Wildman–Crippen MR) is 154 cm³/mol. The van der Waals surface area contributed by atoms with Gasteiger partial charge >= 0.3 is 0 Å². The Morgan fingerprint density at radius 1 is 0.789 bits per heavy atom. The number of ether oxygens (including phenoxy) is 1. The molecule has 0 radical (unpaired) electrons. The Morgan fingerprint density at radius 2 is 1.50 bits per heavy atom. The molecule has 0 spiro atoms. The maximum Gasteiger partial charge on any atom is 0.242 e. The molecular formula is C32H41N3O3. The fourth-order valence-electron chi connectivity index (χ4n) is 4.47. The minimum absolute atomic E-state index is 0.0913. The first-order valence-corrected chi connectivity index (χ1v) is 13.4. The quantitative estimate of drug-likeness (QED) is 0.270. The molecule has 202 valence electrons. The van der Waals surface area contributed by atoms with Gasteiger partial charge in [-0.25, -0.2) is 0 Å². The Kier molecular flexibility index (Phi) is 11.2. The van der Waals surface area contributed by atoms with E-state index in [2.05, 4.69) is 71.4 Å². The summed E-state index contributed by atoms with van der Waals surface area (Å²) in [5.74, 6) is 0.720. The monoisotopic (exact) mass is 515 g/mol. The van der Waals surface area contributed by atoms with Crippen LogP contribution < -0.4 is 20.7 Å². The summed E-state index contributed by atoms with van der Waals surface area (Å²) in [6.45, 7) is 4.96. The molecule has 0 saturated heterocycles. The highest BCUT2D eigenvalue weighted by atomic mass is 16.5. The van der Waals surface area contributed by atoms with Crippen LogP contribution in [0.5, 0.6) is 5.75 Å². The van der Waals surface area contributed by atoms with Gasteiger partial charge < -0.3 is 20.7 Å². The molecule has 2 amide bonds. The van der Waals surface area contributed by atoms with E-state index >= 15 is 0 Å². The molecule has 0 aliphatic rings. The first-order valence-electron chi connectivity index (χ1n) is 13.4. The van der Waals surface area contributed by atoms with Crippen LogP contribution in [0.1, 0.15) is 43.4 Å². The zero-order chi connectivity index (χ0) is 27.3. The molecule has 3 aromatic carbocycles. The number of hydrogen-bond donors (Lipinski definition) is 3. The van der Waals surface area contributed by atoms with Gasteiger partial charge in [-0.1, -0.05) is 68.4 Å². The average molecular weight is 516 g/mol. The molecule has 3 unspecified atom stereocenters. The van der Waals surface area contributed by atoms with Gasteiger partial charge in [0, 0.05) is 31.6 Å². The first kappa shape index (κ1) is 28.8. The van der Waals surface area contributed by atoms with E-state index in [0.29, 0.717) is 12.3 Å². The number of methoxy groups -OCH3 is 1. The lowest BCUT2D eigenvalue weighted by Gasteiger charge is -2.21. The molecule has 0 aliphatic heterocycles. The molecular weight excluding hydrogens is 474 g/mol. The van der Waals surface area contributed by atoms with Crippen molar-refractivity contribution in [1.82, 2.24) is 10.6 Å². The topological polar surface area (TPSA) is 79.5 Å². The summed E-state index contributed by atoms with van der Waals surface area (Å²) in [5.41, 5.74) is 4.61. The third-order valence-corrected chi connectivity index (χ3v) is 6.87. The summed E-state index contributed by atoms with van der Waals surface area (Å²) >= 11 is 0. The van der Waals surface area contributed by atoms with E-state index in [-0.39, 0.29) is 17.7 Å². The number of carbonyl (C=O) groups is 2. The number of nitrogens with one attached hydrogen (secondary N) is 3. The average Bonchev–Trinajstić information content (AvgIpc) is 2.95. The van der Waals surface area contributed by atoms with Crippen molar-refractivity contribution >= 4 is 17.5 Å². The number of hydrogen-bond acceptors (Lipinski definition) is 4. The maximum atomic E-state index is 12.9. The van der Waals surface area contributed by atoms with Gasteiger partial charge in [0.15, 0.2) is 0 Å². The van der Waals surface area contributed by atoms with Gasteiger partial charge in [0.05, 0.1) is 7.11 Å². The summed E-state index contributed by atoms with van der Waals surface area (Å²) in [4.78, 5) is 25.4. The van der Waals surface area contributed by atoms with Gasteiger partial charge in [0.1, 0.15) is 11.8 Å². The van der Waals surface area contributed by atoms with Crippen LogP contribution in [0.3, 0.4) is 0 Å². The number of amides is 2. The minimum atomic E-state index is -0.619. The highest BCUT2D eigenvalue weighted by molar-refractivity contribution is 5.88. The molecule has 0 saturated carbocycles. The van der Waals surface area contributed by atoms with Gasteiger partial charge in [-0.2, -0.15) is 0 Å². The molecule has 6 nitrogen and oxygen atoms in total. The molecule has 0 fully saturated rings. The lowest BCUT2D eigenvalue weighted by atomic mass is 9.92. The van der Waals surface area contributed by atoms with Gasteiger partial charge in [-0.3, -0.25) is 9.59 Å². The third kappa shape index (κ3) is 9.25. The molecule has 0 aromatic heterocycles.